The van der Waals surface area contributed by atoms with E-state index in [4.69, 9.17) is 10.5 Å². The Hall–Kier alpha value is -2.00. The highest BCUT2D eigenvalue weighted by Crippen LogP contribution is 2.34. The molecule has 124 valence electrons. The maximum Gasteiger partial charge on any atom is 0.249 e. The van der Waals surface area contributed by atoms with E-state index in [2.05, 4.69) is 27.7 Å². The van der Waals surface area contributed by atoms with Gasteiger partial charge >= 0.3 is 0 Å². The second kappa shape index (κ2) is 8.02. The molecule has 0 spiro atoms. The molecule has 0 radical (unpaired) electrons. The zero-order valence-corrected chi connectivity index (χ0v) is 14.8. The number of hydrogen-bond donors (Lipinski definition) is 1. The molecule has 2 rings (SSSR count). The Morgan fingerprint density at radius 1 is 0.913 bits per heavy atom. The van der Waals surface area contributed by atoms with Crippen LogP contribution in [-0.2, 0) is 0 Å². The fourth-order valence-corrected chi connectivity index (χ4v) is 2.54. The zero-order valence-electron chi connectivity index (χ0n) is 14.0. The van der Waals surface area contributed by atoms with Crippen molar-refractivity contribution in [3.63, 3.8) is 0 Å². The lowest BCUT2D eigenvalue weighted by Gasteiger charge is -2.19. The minimum absolute atomic E-state index is 0. The van der Waals surface area contributed by atoms with Crippen molar-refractivity contribution in [3.8, 4) is 11.5 Å². The largest absolute Gasteiger partial charge is 0.457 e. The molecule has 2 aromatic carbocycles. The van der Waals surface area contributed by atoms with E-state index in [1.807, 2.05) is 42.5 Å². The number of rotatable bonds is 5. The Bertz CT molecular complexity index is 637. The van der Waals surface area contributed by atoms with Crippen molar-refractivity contribution in [1.82, 2.24) is 0 Å². The first kappa shape index (κ1) is 19.0. The maximum absolute atomic E-state index is 11.9. The topological polar surface area (TPSA) is 52.3 Å². The number of halogens is 1. The first-order chi connectivity index (χ1) is 10.4. The third-order valence-electron chi connectivity index (χ3n) is 3.64. The van der Waals surface area contributed by atoms with Gasteiger partial charge in [-0.25, -0.2) is 0 Å². The number of carbonyl (C=O) groups is 1. The van der Waals surface area contributed by atoms with Gasteiger partial charge in [0.25, 0.3) is 0 Å². The molecule has 0 aliphatic rings. The van der Waals surface area contributed by atoms with Gasteiger partial charge in [-0.3, -0.25) is 4.79 Å². The number of amides is 1. The Balaban J connectivity index is 0.00000264. The van der Waals surface area contributed by atoms with Crippen molar-refractivity contribution in [2.75, 3.05) is 0 Å². The maximum atomic E-state index is 11.9. The molecule has 3 nitrogen and oxygen atoms in total. The molecule has 0 atom stereocenters. The quantitative estimate of drug-likeness (QED) is 0.812. The number of benzene rings is 2. The van der Waals surface area contributed by atoms with Crippen LogP contribution in [0.2, 0.25) is 0 Å². The molecule has 23 heavy (non-hydrogen) atoms. The zero-order chi connectivity index (χ0) is 16.3. The molecule has 2 N–H and O–H groups in total. The van der Waals surface area contributed by atoms with Gasteiger partial charge in [-0.15, -0.1) is 12.4 Å². The summed E-state index contributed by atoms with van der Waals surface area (Å²) in [6.45, 7) is 8.21. The molecule has 0 saturated heterocycles. The molecule has 0 fully saturated rings. The van der Waals surface area contributed by atoms with Gasteiger partial charge in [0.15, 0.2) is 0 Å². The van der Waals surface area contributed by atoms with E-state index in [0.29, 0.717) is 5.56 Å². The molecular weight excluding hydrogens is 310 g/mol. The molecule has 0 aromatic heterocycles. The van der Waals surface area contributed by atoms with Gasteiger partial charge < -0.3 is 10.5 Å². The average molecular weight is 334 g/mol. The first-order valence-electron chi connectivity index (χ1n) is 7.60. The van der Waals surface area contributed by atoms with Gasteiger partial charge in [0.1, 0.15) is 11.5 Å². The molecule has 4 heteroatoms. The van der Waals surface area contributed by atoms with E-state index in [0.717, 1.165) is 22.6 Å². The Labute approximate surface area is 144 Å². The van der Waals surface area contributed by atoms with Crippen LogP contribution in [0, 0.1) is 0 Å². The number of para-hydroxylation sites is 1. The van der Waals surface area contributed by atoms with E-state index >= 15 is 0 Å². The number of carbonyl (C=O) groups excluding carboxylic acids is 1. The third-order valence-corrected chi connectivity index (χ3v) is 3.64. The van der Waals surface area contributed by atoms with E-state index in [1.54, 1.807) is 0 Å². The van der Waals surface area contributed by atoms with Crippen molar-refractivity contribution in [1.29, 1.82) is 0 Å². The summed E-state index contributed by atoms with van der Waals surface area (Å²) in [6.07, 6.45) is 0. The second-order valence-corrected chi connectivity index (χ2v) is 6.07. The van der Waals surface area contributed by atoms with Crippen molar-refractivity contribution >= 4 is 18.3 Å². The van der Waals surface area contributed by atoms with Gasteiger partial charge in [-0.1, -0.05) is 45.9 Å². The van der Waals surface area contributed by atoms with Gasteiger partial charge in [0.2, 0.25) is 5.91 Å². The summed E-state index contributed by atoms with van der Waals surface area (Å²) >= 11 is 0. The van der Waals surface area contributed by atoms with Crippen LogP contribution in [0.3, 0.4) is 0 Å². The number of nitrogens with two attached hydrogens (primary N) is 1. The number of hydrogen-bond acceptors (Lipinski definition) is 2. The lowest BCUT2D eigenvalue weighted by Crippen LogP contribution is -2.18. The van der Waals surface area contributed by atoms with Crippen LogP contribution in [0.1, 0.15) is 61.0 Å². The molecule has 0 aliphatic heterocycles. The van der Waals surface area contributed by atoms with Crippen molar-refractivity contribution < 1.29 is 9.53 Å². The van der Waals surface area contributed by atoms with Crippen LogP contribution in [0.15, 0.2) is 42.5 Å². The number of ether oxygens (including phenoxy) is 1. The summed E-state index contributed by atoms with van der Waals surface area (Å²) in [5.74, 6) is 1.53. The normalized spacial score (nSPS) is 10.5. The molecule has 0 bridgehead atoms. The molecule has 0 unspecified atom stereocenters. The van der Waals surface area contributed by atoms with Crippen LogP contribution in [0.5, 0.6) is 11.5 Å². The predicted octanol–water partition coefficient (Wildman–Crippen LogP) is 5.25. The van der Waals surface area contributed by atoms with Crippen LogP contribution in [-0.4, -0.2) is 5.91 Å². The van der Waals surface area contributed by atoms with Gasteiger partial charge in [0, 0.05) is 5.56 Å². The summed E-state index contributed by atoms with van der Waals surface area (Å²) in [5.41, 5.74) is 8.11. The molecule has 2 aromatic rings. The Kier molecular flexibility index (Phi) is 6.64. The van der Waals surface area contributed by atoms with E-state index in [9.17, 15) is 4.79 Å². The van der Waals surface area contributed by atoms with Crippen molar-refractivity contribution in [3.05, 3.63) is 59.2 Å². The highest BCUT2D eigenvalue weighted by Gasteiger charge is 2.20. The molecule has 0 saturated carbocycles. The SMILES string of the molecule is CC(C)c1cc(Oc2ccccc2)cc(C(C)C)c1C(N)=O.Cl. The third kappa shape index (κ3) is 4.49. The lowest BCUT2D eigenvalue weighted by molar-refractivity contribution is 0.0997. The van der Waals surface area contributed by atoms with Crippen molar-refractivity contribution in [2.45, 2.75) is 39.5 Å². The van der Waals surface area contributed by atoms with E-state index in [-0.39, 0.29) is 30.2 Å². The minimum Gasteiger partial charge on any atom is -0.457 e. The average Bonchev–Trinajstić information content (AvgIpc) is 2.47. The molecule has 1 amide bonds. The van der Waals surface area contributed by atoms with Crippen LogP contribution < -0.4 is 10.5 Å². The summed E-state index contributed by atoms with van der Waals surface area (Å²) in [6, 6.07) is 13.5. The van der Waals surface area contributed by atoms with Crippen molar-refractivity contribution in [2.24, 2.45) is 5.73 Å². The molecular formula is C19H24ClNO2. The molecule has 0 heterocycles. The van der Waals surface area contributed by atoms with Crippen LogP contribution in [0.4, 0.5) is 0 Å². The van der Waals surface area contributed by atoms with Gasteiger partial charge in [-0.2, -0.15) is 0 Å². The van der Waals surface area contributed by atoms with E-state index < -0.39 is 0 Å². The van der Waals surface area contributed by atoms with Crippen LogP contribution in [0.25, 0.3) is 0 Å². The smallest absolute Gasteiger partial charge is 0.249 e. The highest BCUT2D eigenvalue weighted by molar-refractivity contribution is 5.96. The summed E-state index contributed by atoms with van der Waals surface area (Å²) in [7, 11) is 0. The summed E-state index contributed by atoms with van der Waals surface area (Å²) in [4.78, 5) is 11.9. The van der Waals surface area contributed by atoms with Crippen LogP contribution >= 0.6 is 12.4 Å². The monoisotopic (exact) mass is 333 g/mol. The minimum atomic E-state index is -0.376. The van der Waals surface area contributed by atoms with Gasteiger partial charge in [-0.05, 0) is 47.2 Å². The predicted molar refractivity (Wildman–Crippen MR) is 96.9 cm³/mol. The Morgan fingerprint density at radius 2 is 1.39 bits per heavy atom. The first-order valence-corrected chi connectivity index (χ1v) is 7.60. The highest BCUT2D eigenvalue weighted by atomic mass is 35.5. The molecule has 0 aliphatic carbocycles. The lowest BCUT2D eigenvalue weighted by atomic mass is 9.88. The number of primary amides is 1. The second-order valence-electron chi connectivity index (χ2n) is 6.07. The fourth-order valence-electron chi connectivity index (χ4n) is 2.54. The van der Waals surface area contributed by atoms with E-state index in [1.165, 1.54) is 0 Å². The Morgan fingerprint density at radius 3 is 1.78 bits per heavy atom. The fraction of sp³-hybridized carbons (Fsp3) is 0.316. The standard InChI is InChI=1S/C19H23NO2.ClH/c1-12(2)16-10-15(22-14-8-6-5-7-9-14)11-17(13(3)4)18(16)19(20)21;/h5-13H,1-4H3,(H2,20,21);1H. The summed E-state index contributed by atoms with van der Waals surface area (Å²) < 4.78 is 5.94. The summed E-state index contributed by atoms with van der Waals surface area (Å²) in [5, 5.41) is 0. The van der Waals surface area contributed by atoms with Gasteiger partial charge in [0.05, 0.1) is 0 Å².